The lowest BCUT2D eigenvalue weighted by Crippen LogP contribution is -2.40. The van der Waals surface area contributed by atoms with E-state index in [9.17, 15) is 13.5 Å². The Bertz CT molecular complexity index is 1360. The smallest absolute Gasteiger partial charge is 0.243 e. The third-order valence-corrected chi connectivity index (χ3v) is 7.80. The van der Waals surface area contributed by atoms with Gasteiger partial charge in [-0.3, -0.25) is 0 Å². The first-order valence-corrected chi connectivity index (χ1v) is 12.2. The van der Waals surface area contributed by atoms with Crippen LogP contribution in [0.15, 0.2) is 51.5 Å². The Morgan fingerprint density at radius 2 is 1.85 bits per heavy atom. The summed E-state index contributed by atoms with van der Waals surface area (Å²) in [6.45, 7) is 5.34. The van der Waals surface area contributed by atoms with Crippen LogP contribution < -0.4 is 5.32 Å². The predicted octanol–water partition coefficient (Wildman–Crippen LogP) is 4.00. The van der Waals surface area contributed by atoms with E-state index in [2.05, 4.69) is 15.5 Å². The topological polar surface area (TPSA) is 109 Å². The van der Waals surface area contributed by atoms with Gasteiger partial charge in [0.15, 0.2) is 5.69 Å². The average molecular weight is 488 g/mol. The van der Waals surface area contributed by atoms with Crippen LogP contribution >= 0.6 is 12.2 Å². The van der Waals surface area contributed by atoms with Crippen molar-refractivity contribution in [3.05, 3.63) is 47.5 Å². The number of nitrogens with zero attached hydrogens (tertiary/aromatic N) is 4. The normalized spacial score (nSPS) is 15.4. The maximum atomic E-state index is 13.1. The van der Waals surface area contributed by atoms with Crippen molar-refractivity contribution in [1.29, 1.82) is 0 Å². The number of hydrogen-bond acceptors (Lipinski definition) is 6. The van der Waals surface area contributed by atoms with E-state index in [0.717, 1.165) is 16.8 Å². The SMILES string of the molecule is Cc1ccc(NC(=S)N=Nc2c(O)n(C)c3ccc(S(=O)(=O)N4CCOCC4)cc23)cc1C. The predicted molar refractivity (Wildman–Crippen MR) is 131 cm³/mol. The minimum Gasteiger partial charge on any atom is -0.493 e. The number of aromatic nitrogens is 1. The van der Waals surface area contributed by atoms with E-state index in [0.29, 0.717) is 37.2 Å². The zero-order valence-electron chi connectivity index (χ0n) is 18.6. The number of nitrogens with one attached hydrogen (secondary N) is 1. The van der Waals surface area contributed by atoms with Gasteiger partial charge in [0.2, 0.25) is 21.0 Å². The van der Waals surface area contributed by atoms with Crippen LogP contribution in [0, 0.1) is 13.8 Å². The summed E-state index contributed by atoms with van der Waals surface area (Å²) in [6.07, 6.45) is 0. The van der Waals surface area contributed by atoms with Crippen LogP contribution in [0.2, 0.25) is 0 Å². The summed E-state index contributed by atoms with van der Waals surface area (Å²) in [5.41, 5.74) is 3.83. The number of morpholine rings is 1. The molecule has 33 heavy (non-hydrogen) atoms. The van der Waals surface area contributed by atoms with Crippen molar-refractivity contribution in [3.8, 4) is 5.88 Å². The molecule has 0 unspecified atom stereocenters. The van der Waals surface area contributed by atoms with Crippen molar-refractivity contribution in [3.63, 3.8) is 0 Å². The molecule has 0 saturated carbocycles. The van der Waals surface area contributed by atoms with E-state index in [-0.39, 0.29) is 21.6 Å². The van der Waals surface area contributed by atoms with Gasteiger partial charge in [-0.1, -0.05) is 6.07 Å². The Kier molecular flexibility index (Phi) is 6.48. The quantitative estimate of drug-likeness (QED) is 0.425. The first kappa shape index (κ1) is 23.3. The summed E-state index contributed by atoms with van der Waals surface area (Å²) in [5.74, 6) is -0.136. The number of anilines is 1. The molecule has 1 aromatic heterocycles. The van der Waals surface area contributed by atoms with Gasteiger partial charge in [0.05, 0.1) is 23.6 Å². The summed E-state index contributed by atoms with van der Waals surface area (Å²) in [7, 11) is -2.04. The lowest BCUT2D eigenvalue weighted by atomic mass is 10.1. The largest absolute Gasteiger partial charge is 0.493 e. The first-order valence-electron chi connectivity index (χ1n) is 10.4. The van der Waals surface area contributed by atoms with Gasteiger partial charge in [-0.25, -0.2) is 8.42 Å². The molecule has 0 aliphatic carbocycles. The molecule has 0 radical (unpaired) electrons. The fourth-order valence-corrected chi connectivity index (χ4v) is 5.24. The Balaban J connectivity index is 1.65. The van der Waals surface area contributed by atoms with Crippen LogP contribution in [0.1, 0.15) is 11.1 Å². The molecule has 0 amide bonds. The van der Waals surface area contributed by atoms with Crippen molar-refractivity contribution < 1.29 is 18.3 Å². The second-order valence-electron chi connectivity index (χ2n) is 7.86. The van der Waals surface area contributed by atoms with Crippen LogP contribution in [0.25, 0.3) is 10.9 Å². The van der Waals surface area contributed by atoms with E-state index in [1.165, 1.54) is 21.0 Å². The zero-order valence-corrected chi connectivity index (χ0v) is 20.2. The summed E-state index contributed by atoms with van der Waals surface area (Å²) in [5, 5.41) is 22.4. The lowest BCUT2D eigenvalue weighted by Gasteiger charge is -2.26. The van der Waals surface area contributed by atoms with Crippen LogP contribution in [0.4, 0.5) is 11.4 Å². The Hall–Kier alpha value is -2.86. The van der Waals surface area contributed by atoms with Crippen molar-refractivity contribution >= 4 is 49.6 Å². The molecule has 0 spiro atoms. The van der Waals surface area contributed by atoms with Crippen LogP contribution in [-0.2, 0) is 21.8 Å². The van der Waals surface area contributed by atoms with Crippen molar-refractivity contribution in [1.82, 2.24) is 8.87 Å². The van der Waals surface area contributed by atoms with E-state index >= 15 is 0 Å². The van der Waals surface area contributed by atoms with Gasteiger partial charge in [0.1, 0.15) is 0 Å². The van der Waals surface area contributed by atoms with Crippen LogP contribution in [-0.4, -0.2) is 53.8 Å². The number of hydrogen-bond donors (Lipinski definition) is 2. The highest BCUT2D eigenvalue weighted by Crippen LogP contribution is 2.39. The van der Waals surface area contributed by atoms with Gasteiger partial charge in [-0.05, 0) is 67.5 Å². The maximum Gasteiger partial charge on any atom is 0.243 e. The molecule has 9 nitrogen and oxygen atoms in total. The summed E-state index contributed by atoms with van der Waals surface area (Å²) >= 11 is 5.28. The van der Waals surface area contributed by atoms with Crippen molar-refractivity contribution in [2.45, 2.75) is 18.7 Å². The number of azo groups is 1. The van der Waals surface area contributed by atoms with Gasteiger partial charge < -0.3 is 19.7 Å². The molecule has 0 atom stereocenters. The highest BCUT2D eigenvalue weighted by atomic mass is 32.2. The van der Waals surface area contributed by atoms with Crippen LogP contribution in [0.3, 0.4) is 0 Å². The number of sulfonamides is 1. The molecule has 2 N–H and O–H groups in total. The molecule has 1 saturated heterocycles. The van der Waals surface area contributed by atoms with Gasteiger partial charge in [-0.15, -0.1) is 10.2 Å². The molecule has 3 aromatic rings. The number of thiocarbonyl (C=S) groups is 1. The van der Waals surface area contributed by atoms with E-state index in [1.807, 2.05) is 32.0 Å². The molecule has 2 heterocycles. The van der Waals surface area contributed by atoms with E-state index in [1.54, 1.807) is 13.1 Å². The lowest BCUT2D eigenvalue weighted by molar-refractivity contribution is 0.0730. The fraction of sp³-hybridized carbons (Fsp3) is 0.318. The standard InChI is InChI=1S/C22H25N5O4S2/c1-14-4-5-16(12-15(14)2)23-22(32)25-24-20-18-13-17(6-7-19(18)26(3)21(20)28)33(29,30)27-8-10-31-11-9-27/h4-7,12-13,28H,8-11H2,1-3H3,(H,23,32). The second-order valence-corrected chi connectivity index (χ2v) is 10.2. The molecule has 1 fully saturated rings. The van der Waals surface area contributed by atoms with Gasteiger partial charge >= 0.3 is 0 Å². The number of fused-ring (bicyclic) bond motifs is 1. The molecule has 0 bridgehead atoms. The number of benzene rings is 2. The van der Waals surface area contributed by atoms with Crippen LogP contribution in [0.5, 0.6) is 5.88 Å². The number of ether oxygens (including phenoxy) is 1. The number of aromatic hydroxyl groups is 1. The summed E-state index contributed by atoms with van der Waals surface area (Å²) in [4.78, 5) is 0.120. The monoisotopic (exact) mass is 487 g/mol. The summed E-state index contributed by atoms with van der Waals surface area (Å²) < 4.78 is 34.3. The van der Waals surface area contributed by atoms with Gasteiger partial charge in [0, 0.05) is 31.2 Å². The molecule has 11 heteroatoms. The Morgan fingerprint density at radius 3 is 2.55 bits per heavy atom. The van der Waals surface area contributed by atoms with Gasteiger partial charge in [0.25, 0.3) is 0 Å². The molecule has 2 aromatic carbocycles. The average Bonchev–Trinajstić information content (AvgIpc) is 3.04. The van der Waals surface area contributed by atoms with E-state index in [4.69, 9.17) is 17.0 Å². The Morgan fingerprint density at radius 1 is 1.12 bits per heavy atom. The zero-order chi connectivity index (χ0) is 23.8. The minimum atomic E-state index is -3.70. The highest BCUT2D eigenvalue weighted by molar-refractivity contribution is 7.89. The third kappa shape index (κ3) is 4.62. The van der Waals surface area contributed by atoms with Gasteiger partial charge in [-0.2, -0.15) is 4.31 Å². The molecule has 4 rings (SSSR count). The third-order valence-electron chi connectivity index (χ3n) is 5.72. The maximum absolute atomic E-state index is 13.1. The highest BCUT2D eigenvalue weighted by Gasteiger charge is 2.27. The molecule has 1 aliphatic heterocycles. The van der Waals surface area contributed by atoms with Crippen molar-refractivity contribution in [2.75, 3.05) is 31.6 Å². The van der Waals surface area contributed by atoms with E-state index < -0.39 is 10.0 Å². The van der Waals surface area contributed by atoms with Crippen molar-refractivity contribution in [2.24, 2.45) is 17.3 Å². The molecule has 174 valence electrons. The molecule has 1 aliphatic rings. The molecular weight excluding hydrogens is 462 g/mol. The summed E-state index contributed by atoms with van der Waals surface area (Å²) in [6, 6.07) is 10.5. The number of aryl methyl sites for hydroxylation is 3. The number of rotatable bonds is 4. The fourth-order valence-electron chi connectivity index (χ4n) is 3.65. The second kappa shape index (κ2) is 9.18. The molecular formula is C22H25N5O4S2. The Labute approximate surface area is 197 Å². The first-order chi connectivity index (χ1) is 15.7. The minimum absolute atomic E-state index is 0.117.